The summed E-state index contributed by atoms with van der Waals surface area (Å²) in [4.78, 5) is 14.1. The molecule has 0 amide bonds. The first-order valence-corrected chi connectivity index (χ1v) is 5.25. The highest BCUT2D eigenvalue weighted by Gasteiger charge is 2.19. The van der Waals surface area contributed by atoms with E-state index in [0.717, 1.165) is 18.5 Å². The second kappa shape index (κ2) is 4.30. The number of ketones is 1. The van der Waals surface area contributed by atoms with Gasteiger partial charge in [-0.25, -0.2) is 0 Å². The van der Waals surface area contributed by atoms with E-state index in [9.17, 15) is 4.79 Å². The van der Waals surface area contributed by atoms with Crippen molar-refractivity contribution in [2.75, 3.05) is 13.6 Å². The lowest BCUT2D eigenvalue weighted by Crippen LogP contribution is -2.25. The lowest BCUT2D eigenvalue weighted by Gasteiger charge is -2.23. The molecule has 2 heteroatoms. The lowest BCUT2D eigenvalue weighted by atomic mass is 9.93. The number of Topliss-reactive ketones (excluding diaryl/α,β-unsaturated/α-hetero) is 1. The molecule has 1 unspecified atom stereocenters. The Morgan fingerprint density at radius 1 is 1.33 bits per heavy atom. The third-order valence-electron chi connectivity index (χ3n) is 2.76. The summed E-state index contributed by atoms with van der Waals surface area (Å²) in [5, 5.41) is 0. The Hall–Kier alpha value is -1.57. The van der Waals surface area contributed by atoms with Crippen LogP contribution in [0.25, 0.3) is 0 Å². The number of allylic oxidation sites excluding steroid dienone is 1. The van der Waals surface area contributed by atoms with Crippen molar-refractivity contribution in [2.45, 2.75) is 6.42 Å². The number of carbonyl (C=O) groups is 1. The predicted molar refractivity (Wildman–Crippen MR) is 60.6 cm³/mol. The summed E-state index contributed by atoms with van der Waals surface area (Å²) in [6.45, 7) is 0.958. The molecule has 1 aliphatic rings. The minimum Gasteiger partial charge on any atom is -0.381 e. The minimum atomic E-state index is 0.0589. The van der Waals surface area contributed by atoms with Gasteiger partial charge in [-0.1, -0.05) is 36.4 Å². The summed E-state index contributed by atoms with van der Waals surface area (Å²) in [7, 11) is 2.03. The van der Waals surface area contributed by atoms with Gasteiger partial charge in [0.2, 0.25) is 0 Å². The first kappa shape index (κ1) is 9.97. The average Bonchev–Trinajstić information content (AvgIpc) is 2.30. The molecule has 0 bridgehead atoms. The highest BCUT2D eigenvalue weighted by Crippen LogP contribution is 2.18. The Balaban J connectivity index is 2.13. The summed E-state index contributed by atoms with van der Waals surface area (Å²) in [5.74, 6) is 0.295. The molecule has 0 spiro atoms. The Bertz CT molecular complexity index is 369. The van der Waals surface area contributed by atoms with Crippen LogP contribution in [0.1, 0.15) is 16.8 Å². The molecule has 0 saturated carbocycles. The van der Waals surface area contributed by atoms with Crippen LogP contribution >= 0.6 is 0 Å². The van der Waals surface area contributed by atoms with Gasteiger partial charge in [-0.15, -0.1) is 0 Å². The quantitative estimate of drug-likeness (QED) is 0.684. The van der Waals surface area contributed by atoms with Crippen LogP contribution in [0.5, 0.6) is 0 Å². The van der Waals surface area contributed by atoms with Gasteiger partial charge in [0, 0.05) is 25.1 Å². The van der Waals surface area contributed by atoms with E-state index in [1.165, 1.54) is 0 Å². The molecule has 15 heavy (non-hydrogen) atoms. The van der Waals surface area contributed by atoms with Gasteiger partial charge in [-0.05, 0) is 12.6 Å². The number of nitrogens with zero attached hydrogens (tertiary/aromatic N) is 1. The Labute approximate surface area is 90.2 Å². The molecule has 0 radical (unpaired) electrons. The van der Waals surface area contributed by atoms with Crippen LogP contribution in [0.15, 0.2) is 42.6 Å². The fraction of sp³-hybridized carbons (Fsp3) is 0.308. The van der Waals surface area contributed by atoms with Crippen molar-refractivity contribution in [3.63, 3.8) is 0 Å². The number of hydrogen-bond donors (Lipinski definition) is 0. The van der Waals surface area contributed by atoms with E-state index in [-0.39, 0.29) is 11.7 Å². The Kier molecular flexibility index (Phi) is 2.86. The third kappa shape index (κ3) is 2.27. The van der Waals surface area contributed by atoms with Crippen molar-refractivity contribution in [2.24, 2.45) is 5.92 Å². The number of benzene rings is 1. The summed E-state index contributed by atoms with van der Waals surface area (Å²) < 4.78 is 0. The topological polar surface area (TPSA) is 20.3 Å². The highest BCUT2D eigenvalue weighted by molar-refractivity contribution is 5.98. The molecule has 2 nitrogen and oxygen atoms in total. The standard InChI is InChI=1S/C13H15NO/c1-14-9-7-12(8-10-14)13(15)11-5-3-2-4-6-11/h2-7,9,12H,8,10H2,1H3. The maximum atomic E-state index is 12.0. The van der Waals surface area contributed by atoms with Gasteiger partial charge in [0.15, 0.2) is 5.78 Å². The maximum Gasteiger partial charge on any atom is 0.169 e. The van der Waals surface area contributed by atoms with Crippen molar-refractivity contribution in [3.05, 3.63) is 48.2 Å². The number of carbonyl (C=O) groups excluding carboxylic acids is 1. The SMILES string of the molecule is CN1C=CC(C(=O)c2ccccc2)CC1. The summed E-state index contributed by atoms with van der Waals surface area (Å²) in [6, 6.07) is 9.52. The first-order valence-electron chi connectivity index (χ1n) is 5.25. The van der Waals surface area contributed by atoms with Gasteiger partial charge in [0.25, 0.3) is 0 Å². The van der Waals surface area contributed by atoms with E-state index in [0.29, 0.717) is 0 Å². The van der Waals surface area contributed by atoms with Crippen LogP contribution in [0, 0.1) is 5.92 Å². The third-order valence-corrected chi connectivity index (χ3v) is 2.76. The van der Waals surface area contributed by atoms with Gasteiger partial charge in [0.1, 0.15) is 0 Å². The molecule has 1 heterocycles. The zero-order chi connectivity index (χ0) is 10.7. The molecule has 1 aromatic carbocycles. The van der Waals surface area contributed by atoms with E-state index < -0.39 is 0 Å². The van der Waals surface area contributed by atoms with E-state index in [4.69, 9.17) is 0 Å². The van der Waals surface area contributed by atoms with Gasteiger partial charge in [0.05, 0.1) is 0 Å². The first-order chi connectivity index (χ1) is 7.27. The van der Waals surface area contributed by atoms with Crippen molar-refractivity contribution in [1.82, 2.24) is 4.90 Å². The van der Waals surface area contributed by atoms with Crippen LogP contribution in [-0.2, 0) is 0 Å². The molecular weight excluding hydrogens is 186 g/mol. The summed E-state index contributed by atoms with van der Waals surface area (Å²) in [6.07, 6.45) is 4.91. The van der Waals surface area contributed by atoms with Crippen molar-refractivity contribution >= 4 is 5.78 Å². The van der Waals surface area contributed by atoms with Crippen LogP contribution < -0.4 is 0 Å². The Morgan fingerprint density at radius 3 is 2.67 bits per heavy atom. The number of hydrogen-bond acceptors (Lipinski definition) is 2. The zero-order valence-electron chi connectivity index (χ0n) is 8.89. The second-order valence-corrected chi connectivity index (χ2v) is 3.95. The smallest absolute Gasteiger partial charge is 0.169 e. The minimum absolute atomic E-state index is 0.0589. The van der Waals surface area contributed by atoms with Crippen LogP contribution in [0.2, 0.25) is 0 Å². The van der Waals surface area contributed by atoms with Crippen molar-refractivity contribution in [3.8, 4) is 0 Å². The van der Waals surface area contributed by atoms with E-state index in [1.54, 1.807) is 0 Å². The molecule has 78 valence electrons. The molecule has 2 rings (SSSR count). The fourth-order valence-corrected chi connectivity index (χ4v) is 1.80. The monoisotopic (exact) mass is 201 g/mol. The second-order valence-electron chi connectivity index (χ2n) is 3.95. The van der Waals surface area contributed by atoms with Gasteiger partial charge >= 0.3 is 0 Å². The lowest BCUT2D eigenvalue weighted by molar-refractivity contribution is 0.0930. The van der Waals surface area contributed by atoms with E-state index in [1.807, 2.05) is 49.7 Å². The van der Waals surface area contributed by atoms with Crippen LogP contribution in [0.4, 0.5) is 0 Å². The highest BCUT2D eigenvalue weighted by atomic mass is 16.1. The van der Waals surface area contributed by atoms with Gasteiger partial charge in [-0.3, -0.25) is 4.79 Å². The van der Waals surface area contributed by atoms with E-state index in [2.05, 4.69) is 4.90 Å². The predicted octanol–water partition coefficient (Wildman–Crippen LogP) is 2.33. The molecule has 0 aromatic heterocycles. The largest absolute Gasteiger partial charge is 0.381 e. The molecule has 1 aromatic rings. The van der Waals surface area contributed by atoms with Crippen molar-refractivity contribution in [1.29, 1.82) is 0 Å². The Morgan fingerprint density at radius 2 is 2.07 bits per heavy atom. The zero-order valence-corrected chi connectivity index (χ0v) is 8.89. The maximum absolute atomic E-state index is 12.0. The molecule has 1 atom stereocenters. The summed E-state index contributed by atoms with van der Waals surface area (Å²) in [5.41, 5.74) is 0.816. The van der Waals surface area contributed by atoms with E-state index >= 15 is 0 Å². The van der Waals surface area contributed by atoms with Crippen LogP contribution in [-0.4, -0.2) is 24.3 Å². The molecule has 0 saturated heterocycles. The molecule has 0 aliphatic carbocycles. The molecule has 0 N–H and O–H groups in total. The average molecular weight is 201 g/mol. The molecular formula is C13H15NO. The van der Waals surface area contributed by atoms with Crippen molar-refractivity contribution < 1.29 is 4.79 Å². The van der Waals surface area contributed by atoms with Crippen LogP contribution in [0.3, 0.4) is 0 Å². The molecule has 0 fully saturated rings. The summed E-state index contributed by atoms with van der Waals surface area (Å²) >= 11 is 0. The van der Waals surface area contributed by atoms with Gasteiger partial charge in [-0.2, -0.15) is 0 Å². The normalized spacial score (nSPS) is 20.3. The van der Waals surface area contributed by atoms with Gasteiger partial charge < -0.3 is 4.90 Å². The fourth-order valence-electron chi connectivity index (χ4n) is 1.80. The number of rotatable bonds is 2. The molecule has 1 aliphatic heterocycles.